The summed E-state index contributed by atoms with van der Waals surface area (Å²) in [5.74, 6) is -0.173. The van der Waals surface area contributed by atoms with Crippen molar-refractivity contribution in [2.24, 2.45) is 5.73 Å². The second-order valence-corrected chi connectivity index (χ2v) is 6.96. The van der Waals surface area contributed by atoms with Crippen molar-refractivity contribution in [3.63, 3.8) is 0 Å². The van der Waals surface area contributed by atoms with E-state index in [0.717, 1.165) is 11.1 Å². The minimum atomic E-state index is -0.448. The van der Waals surface area contributed by atoms with E-state index in [0.29, 0.717) is 17.7 Å². The summed E-state index contributed by atoms with van der Waals surface area (Å²) >= 11 is 0. The van der Waals surface area contributed by atoms with E-state index < -0.39 is 5.82 Å². The Bertz CT molecular complexity index is 987. The Hall–Kier alpha value is -3.18. The number of hydrogen-bond acceptors (Lipinski definition) is 3. The molecule has 0 saturated carbocycles. The summed E-state index contributed by atoms with van der Waals surface area (Å²) < 4.78 is 19.6. The summed E-state index contributed by atoms with van der Waals surface area (Å²) in [7, 11) is 0. The highest BCUT2D eigenvalue weighted by molar-refractivity contribution is 6.00. The molecule has 1 amide bonds. The number of ether oxygens (including phenoxy) is 1. The highest BCUT2D eigenvalue weighted by Crippen LogP contribution is 2.34. The van der Waals surface area contributed by atoms with E-state index in [1.54, 1.807) is 6.07 Å². The summed E-state index contributed by atoms with van der Waals surface area (Å²) in [4.78, 5) is 11.6. The molecule has 0 radical (unpaired) electrons. The second-order valence-electron chi connectivity index (χ2n) is 6.96. The standard InChI is InChI=1S/C23H21FN2O2/c24-20-10-11-21(19-13-22(27)26-23(19)20)28-14-18(25)12-15-6-8-17(9-7-15)16-4-2-1-3-5-16/h1-11,18H,12-14,25H2,(H,26,27). The van der Waals surface area contributed by atoms with Gasteiger partial charge in [0.2, 0.25) is 5.91 Å². The molecule has 4 rings (SSSR count). The summed E-state index contributed by atoms with van der Waals surface area (Å²) in [6, 6.07) is 21.1. The number of carbonyl (C=O) groups is 1. The second kappa shape index (κ2) is 7.82. The highest BCUT2D eigenvalue weighted by Gasteiger charge is 2.25. The van der Waals surface area contributed by atoms with Gasteiger partial charge in [0.1, 0.15) is 18.2 Å². The minimum absolute atomic E-state index is 0.124. The molecule has 28 heavy (non-hydrogen) atoms. The van der Waals surface area contributed by atoms with Gasteiger partial charge in [0, 0.05) is 11.6 Å². The molecule has 3 aromatic carbocycles. The number of fused-ring (bicyclic) bond motifs is 1. The van der Waals surface area contributed by atoms with Gasteiger partial charge in [-0.25, -0.2) is 4.39 Å². The van der Waals surface area contributed by atoms with E-state index in [-0.39, 0.29) is 30.7 Å². The van der Waals surface area contributed by atoms with Crippen LogP contribution in [0, 0.1) is 5.82 Å². The van der Waals surface area contributed by atoms with Gasteiger partial charge in [0.15, 0.2) is 0 Å². The number of amides is 1. The first-order valence-corrected chi connectivity index (χ1v) is 9.24. The maximum Gasteiger partial charge on any atom is 0.229 e. The first-order chi connectivity index (χ1) is 13.6. The first kappa shape index (κ1) is 18.2. The Kier molecular flexibility index (Phi) is 5.08. The Balaban J connectivity index is 1.37. The van der Waals surface area contributed by atoms with E-state index in [1.807, 2.05) is 18.2 Å². The third kappa shape index (κ3) is 3.89. The zero-order chi connectivity index (χ0) is 19.5. The molecular weight excluding hydrogens is 355 g/mol. The lowest BCUT2D eigenvalue weighted by molar-refractivity contribution is -0.115. The summed E-state index contributed by atoms with van der Waals surface area (Å²) in [5.41, 5.74) is 10.5. The molecule has 0 saturated heterocycles. The van der Waals surface area contributed by atoms with Crippen LogP contribution in [-0.2, 0) is 17.6 Å². The van der Waals surface area contributed by atoms with Crippen molar-refractivity contribution in [1.29, 1.82) is 0 Å². The normalized spacial score (nSPS) is 13.7. The van der Waals surface area contributed by atoms with Crippen LogP contribution in [0.15, 0.2) is 66.7 Å². The highest BCUT2D eigenvalue weighted by atomic mass is 19.1. The lowest BCUT2D eigenvalue weighted by Gasteiger charge is -2.15. The van der Waals surface area contributed by atoms with Gasteiger partial charge in [-0.05, 0) is 35.2 Å². The number of anilines is 1. The van der Waals surface area contributed by atoms with Crippen LogP contribution in [0.2, 0.25) is 0 Å². The van der Waals surface area contributed by atoms with Crippen molar-refractivity contribution in [2.75, 3.05) is 11.9 Å². The molecule has 142 valence electrons. The number of benzene rings is 3. The molecule has 0 spiro atoms. The molecule has 0 aliphatic carbocycles. The zero-order valence-corrected chi connectivity index (χ0v) is 15.3. The van der Waals surface area contributed by atoms with Crippen molar-refractivity contribution < 1.29 is 13.9 Å². The fourth-order valence-electron chi connectivity index (χ4n) is 3.41. The van der Waals surface area contributed by atoms with Crippen molar-refractivity contribution >= 4 is 11.6 Å². The number of nitrogens with one attached hydrogen (secondary N) is 1. The van der Waals surface area contributed by atoms with Crippen molar-refractivity contribution in [3.8, 4) is 16.9 Å². The van der Waals surface area contributed by atoms with Crippen LogP contribution in [0.5, 0.6) is 5.75 Å². The molecule has 1 unspecified atom stereocenters. The maximum absolute atomic E-state index is 13.8. The molecule has 3 N–H and O–H groups in total. The Morgan fingerprint density at radius 2 is 1.71 bits per heavy atom. The molecule has 1 aliphatic heterocycles. The molecule has 0 fully saturated rings. The van der Waals surface area contributed by atoms with Gasteiger partial charge in [-0.1, -0.05) is 54.6 Å². The van der Waals surface area contributed by atoms with Gasteiger partial charge in [-0.3, -0.25) is 4.79 Å². The van der Waals surface area contributed by atoms with Gasteiger partial charge in [-0.15, -0.1) is 0 Å². The SMILES string of the molecule is NC(COc1ccc(F)c2c1CC(=O)N2)Cc1ccc(-c2ccccc2)cc1. The lowest BCUT2D eigenvalue weighted by atomic mass is 10.0. The smallest absolute Gasteiger partial charge is 0.229 e. The molecule has 5 heteroatoms. The molecule has 1 heterocycles. The Labute approximate surface area is 163 Å². The predicted molar refractivity (Wildman–Crippen MR) is 108 cm³/mol. The van der Waals surface area contributed by atoms with Crippen LogP contribution in [0.4, 0.5) is 10.1 Å². The average Bonchev–Trinajstić information content (AvgIpc) is 3.11. The number of carbonyl (C=O) groups excluding carboxylic acids is 1. The van der Waals surface area contributed by atoms with Crippen LogP contribution in [0.25, 0.3) is 11.1 Å². The van der Waals surface area contributed by atoms with Gasteiger partial charge in [0.25, 0.3) is 0 Å². The summed E-state index contributed by atoms with van der Waals surface area (Å²) in [6.45, 7) is 0.284. The molecule has 1 aliphatic rings. The van der Waals surface area contributed by atoms with Crippen LogP contribution >= 0.6 is 0 Å². The molecule has 0 aromatic heterocycles. The quantitative estimate of drug-likeness (QED) is 0.685. The van der Waals surface area contributed by atoms with Gasteiger partial charge in [-0.2, -0.15) is 0 Å². The number of hydrogen-bond donors (Lipinski definition) is 2. The van der Waals surface area contributed by atoms with E-state index in [9.17, 15) is 9.18 Å². The van der Waals surface area contributed by atoms with Crippen molar-refractivity contribution in [3.05, 3.63) is 83.7 Å². The van der Waals surface area contributed by atoms with Crippen molar-refractivity contribution in [2.45, 2.75) is 18.9 Å². The van der Waals surface area contributed by atoms with Crippen LogP contribution in [0.3, 0.4) is 0 Å². The number of rotatable bonds is 6. The van der Waals surface area contributed by atoms with Gasteiger partial charge in [0.05, 0.1) is 12.1 Å². The van der Waals surface area contributed by atoms with Crippen LogP contribution in [0.1, 0.15) is 11.1 Å². The van der Waals surface area contributed by atoms with Gasteiger partial charge >= 0.3 is 0 Å². The third-order valence-electron chi connectivity index (χ3n) is 4.83. The monoisotopic (exact) mass is 376 g/mol. The topological polar surface area (TPSA) is 64.3 Å². The first-order valence-electron chi connectivity index (χ1n) is 9.24. The minimum Gasteiger partial charge on any atom is -0.492 e. The third-order valence-corrected chi connectivity index (χ3v) is 4.83. The van der Waals surface area contributed by atoms with E-state index in [4.69, 9.17) is 10.5 Å². The van der Waals surface area contributed by atoms with Crippen LogP contribution < -0.4 is 15.8 Å². The van der Waals surface area contributed by atoms with E-state index in [1.165, 1.54) is 11.6 Å². The average molecular weight is 376 g/mol. The zero-order valence-electron chi connectivity index (χ0n) is 15.3. The Morgan fingerprint density at radius 1 is 1.00 bits per heavy atom. The maximum atomic E-state index is 13.8. The fourth-order valence-corrected chi connectivity index (χ4v) is 3.41. The predicted octanol–water partition coefficient (Wildman–Crippen LogP) is 3.94. The van der Waals surface area contributed by atoms with E-state index >= 15 is 0 Å². The van der Waals surface area contributed by atoms with Crippen molar-refractivity contribution in [1.82, 2.24) is 0 Å². The van der Waals surface area contributed by atoms with Gasteiger partial charge < -0.3 is 15.8 Å². The largest absolute Gasteiger partial charge is 0.492 e. The number of halogens is 1. The Morgan fingerprint density at radius 3 is 2.46 bits per heavy atom. The summed E-state index contributed by atoms with van der Waals surface area (Å²) in [6.07, 6.45) is 0.786. The lowest BCUT2D eigenvalue weighted by Crippen LogP contribution is -2.30. The van der Waals surface area contributed by atoms with Crippen LogP contribution in [-0.4, -0.2) is 18.6 Å². The molecular formula is C23H21FN2O2. The molecule has 3 aromatic rings. The molecule has 4 nitrogen and oxygen atoms in total. The number of nitrogens with two attached hydrogens (primary N) is 1. The molecule has 1 atom stereocenters. The molecule has 0 bridgehead atoms. The fraction of sp³-hybridized carbons (Fsp3) is 0.174. The summed E-state index contributed by atoms with van der Waals surface area (Å²) in [5, 5.41) is 2.53. The van der Waals surface area contributed by atoms with E-state index in [2.05, 4.69) is 41.7 Å².